The standard InChI is InChI=1S/C30H30N2O4S/c1-22-20-26(18-19-28(22)36-2)37(34,35)32-27(21-23-12-6-3-7-13-23)30(33)31-29(24-14-8-4-9-15-24)25-16-10-5-11-17-25/h3-20,27,29,32H,21H2,1-2H3,(H,31,33)/t27-/m0/s1. The van der Waals surface area contributed by atoms with Crippen LogP contribution < -0.4 is 14.8 Å². The van der Waals surface area contributed by atoms with E-state index >= 15 is 0 Å². The van der Waals surface area contributed by atoms with Gasteiger partial charge in [-0.05, 0) is 53.8 Å². The van der Waals surface area contributed by atoms with Gasteiger partial charge in [0.05, 0.1) is 18.0 Å². The van der Waals surface area contributed by atoms with Gasteiger partial charge < -0.3 is 10.1 Å². The number of sulfonamides is 1. The lowest BCUT2D eigenvalue weighted by atomic mass is 9.97. The van der Waals surface area contributed by atoms with Crippen LogP contribution in [-0.4, -0.2) is 27.5 Å². The normalized spacial score (nSPS) is 12.2. The molecular weight excluding hydrogens is 484 g/mol. The maximum Gasteiger partial charge on any atom is 0.241 e. The number of nitrogens with one attached hydrogen (secondary N) is 2. The molecule has 1 amide bonds. The molecule has 4 aromatic carbocycles. The maximum absolute atomic E-state index is 13.7. The topological polar surface area (TPSA) is 84.5 Å². The van der Waals surface area contributed by atoms with Crippen LogP contribution in [0.25, 0.3) is 0 Å². The van der Waals surface area contributed by atoms with Crippen LogP contribution in [-0.2, 0) is 21.2 Å². The van der Waals surface area contributed by atoms with E-state index in [9.17, 15) is 13.2 Å². The molecular formula is C30H30N2O4S. The molecule has 190 valence electrons. The van der Waals surface area contributed by atoms with Crippen LogP contribution in [0.5, 0.6) is 5.75 Å². The third-order valence-corrected chi connectivity index (χ3v) is 7.59. The van der Waals surface area contributed by atoms with Crippen LogP contribution in [0.1, 0.15) is 28.3 Å². The Morgan fingerprint density at radius 3 is 1.86 bits per heavy atom. The number of aryl methyl sites for hydroxylation is 1. The van der Waals surface area contributed by atoms with Gasteiger partial charge in [0.2, 0.25) is 15.9 Å². The minimum absolute atomic E-state index is 0.0688. The van der Waals surface area contributed by atoms with Crippen molar-refractivity contribution in [2.45, 2.75) is 30.3 Å². The SMILES string of the molecule is COc1ccc(S(=O)(=O)N[C@@H](Cc2ccccc2)C(=O)NC(c2ccccc2)c2ccccc2)cc1C. The number of amides is 1. The van der Waals surface area contributed by atoms with Crippen LogP contribution in [0.2, 0.25) is 0 Å². The zero-order chi connectivity index (χ0) is 26.3. The summed E-state index contributed by atoms with van der Waals surface area (Å²) in [6, 6.07) is 31.7. The molecule has 6 nitrogen and oxygen atoms in total. The minimum Gasteiger partial charge on any atom is -0.496 e. The smallest absolute Gasteiger partial charge is 0.241 e. The Morgan fingerprint density at radius 2 is 1.35 bits per heavy atom. The predicted octanol–water partition coefficient (Wildman–Crippen LogP) is 4.80. The summed E-state index contributed by atoms with van der Waals surface area (Å²) in [5.74, 6) is 0.168. The highest BCUT2D eigenvalue weighted by atomic mass is 32.2. The van der Waals surface area contributed by atoms with Gasteiger partial charge in [0.15, 0.2) is 0 Å². The van der Waals surface area contributed by atoms with Gasteiger partial charge in [0.1, 0.15) is 11.8 Å². The molecule has 7 heteroatoms. The number of benzene rings is 4. The molecule has 4 aromatic rings. The van der Waals surface area contributed by atoms with Crippen LogP contribution in [0, 0.1) is 6.92 Å². The quantitative estimate of drug-likeness (QED) is 0.318. The highest BCUT2D eigenvalue weighted by Crippen LogP contribution is 2.24. The number of ether oxygens (including phenoxy) is 1. The Labute approximate surface area is 218 Å². The molecule has 0 saturated carbocycles. The fourth-order valence-corrected chi connectivity index (χ4v) is 5.48. The average Bonchev–Trinajstić information content (AvgIpc) is 2.92. The first kappa shape index (κ1) is 26.1. The molecule has 37 heavy (non-hydrogen) atoms. The third-order valence-electron chi connectivity index (χ3n) is 6.13. The number of hydrogen-bond acceptors (Lipinski definition) is 4. The van der Waals surface area contributed by atoms with E-state index in [4.69, 9.17) is 4.74 Å². The summed E-state index contributed by atoms with van der Waals surface area (Å²) in [6.07, 6.45) is 0.192. The third kappa shape index (κ3) is 6.64. The van der Waals surface area contributed by atoms with Crippen molar-refractivity contribution in [3.05, 3.63) is 131 Å². The van der Waals surface area contributed by atoms with Crippen LogP contribution >= 0.6 is 0 Å². The molecule has 0 spiro atoms. The Hall–Kier alpha value is -3.94. The van der Waals surface area contributed by atoms with E-state index in [0.717, 1.165) is 16.7 Å². The molecule has 4 rings (SSSR count). The second-order valence-electron chi connectivity index (χ2n) is 8.76. The Balaban J connectivity index is 1.66. The fraction of sp³-hybridized carbons (Fsp3) is 0.167. The minimum atomic E-state index is -4.00. The molecule has 0 heterocycles. The van der Waals surface area contributed by atoms with E-state index < -0.39 is 28.0 Å². The van der Waals surface area contributed by atoms with Gasteiger partial charge in [-0.2, -0.15) is 4.72 Å². The first-order chi connectivity index (χ1) is 17.9. The monoisotopic (exact) mass is 514 g/mol. The maximum atomic E-state index is 13.7. The highest BCUT2D eigenvalue weighted by Gasteiger charge is 2.29. The van der Waals surface area contributed by atoms with E-state index in [0.29, 0.717) is 11.3 Å². The zero-order valence-electron chi connectivity index (χ0n) is 20.8. The number of hydrogen-bond donors (Lipinski definition) is 2. The van der Waals surface area contributed by atoms with Gasteiger partial charge in [-0.25, -0.2) is 8.42 Å². The summed E-state index contributed by atoms with van der Waals surface area (Å²) in [6.45, 7) is 1.77. The van der Waals surface area contributed by atoms with Crippen LogP contribution in [0.3, 0.4) is 0 Å². The Bertz CT molecular complexity index is 1390. The number of carbonyl (C=O) groups is 1. The van der Waals surface area contributed by atoms with Crippen molar-refractivity contribution < 1.29 is 17.9 Å². The number of methoxy groups -OCH3 is 1. The van der Waals surface area contributed by atoms with E-state index in [1.807, 2.05) is 91.0 Å². The first-order valence-corrected chi connectivity index (χ1v) is 13.5. The molecule has 0 aromatic heterocycles. The zero-order valence-corrected chi connectivity index (χ0v) is 21.6. The fourth-order valence-electron chi connectivity index (χ4n) is 4.20. The molecule has 0 aliphatic rings. The average molecular weight is 515 g/mol. The first-order valence-electron chi connectivity index (χ1n) is 12.0. The molecule has 0 fully saturated rings. The predicted molar refractivity (Wildman–Crippen MR) is 145 cm³/mol. The van der Waals surface area contributed by atoms with E-state index in [1.54, 1.807) is 13.0 Å². The summed E-state index contributed by atoms with van der Waals surface area (Å²) in [5.41, 5.74) is 3.32. The largest absolute Gasteiger partial charge is 0.496 e. The molecule has 0 unspecified atom stereocenters. The summed E-state index contributed by atoms with van der Waals surface area (Å²) in [4.78, 5) is 13.8. The number of rotatable bonds is 10. The lowest BCUT2D eigenvalue weighted by Gasteiger charge is -2.24. The molecule has 0 aliphatic heterocycles. The summed E-state index contributed by atoms with van der Waals surface area (Å²) in [5, 5.41) is 3.09. The van der Waals surface area contributed by atoms with Crippen molar-refractivity contribution in [2.24, 2.45) is 0 Å². The lowest BCUT2D eigenvalue weighted by Crippen LogP contribution is -2.49. The van der Waals surface area contributed by atoms with E-state index in [1.165, 1.54) is 19.2 Å². The van der Waals surface area contributed by atoms with Gasteiger partial charge in [-0.3, -0.25) is 4.79 Å². The van der Waals surface area contributed by atoms with Gasteiger partial charge >= 0.3 is 0 Å². The molecule has 0 radical (unpaired) electrons. The second kappa shape index (κ2) is 11.9. The second-order valence-corrected chi connectivity index (χ2v) is 10.5. The van der Waals surface area contributed by atoms with Gasteiger partial charge in [0.25, 0.3) is 0 Å². The van der Waals surface area contributed by atoms with E-state index in [-0.39, 0.29) is 11.3 Å². The van der Waals surface area contributed by atoms with Crippen LogP contribution in [0.4, 0.5) is 0 Å². The van der Waals surface area contributed by atoms with Gasteiger partial charge in [-0.1, -0.05) is 91.0 Å². The molecule has 1 atom stereocenters. The van der Waals surface area contributed by atoms with Crippen LogP contribution in [0.15, 0.2) is 114 Å². The Morgan fingerprint density at radius 1 is 0.811 bits per heavy atom. The Kier molecular flexibility index (Phi) is 8.38. The summed E-state index contributed by atoms with van der Waals surface area (Å²) in [7, 11) is -2.47. The van der Waals surface area contributed by atoms with Crippen molar-refractivity contribution in [1.82, 2.24) is 10.0 Å². The van der Waals surface area contributed by atoms with Gasteiger partial charge in [-0.15, -0.1) is 0 Å². The molecule has 0 saturated heterocycles. The van der Waals surface area contributed by atoms with E-state index in [2.05, 4.69) is 10.0 Å². The van der Waals surface area contributed by atoms with Crippen molar-refractivity contribution in [2.75, 3.05) is 7.11 Å². The molecule has 0 aliphatic carbocycles. The number of carbonyl (C=O) groups excluding carboxylic acids is 1. The summed E-state index contributed by atoms with van der Waals surface area (Å²) >= 11 is 0. The van der Waals surface area contributed by atoms with Gasteiger partial charge in [0, 0.05) is 0 Å². The molecule has 2 N–H and O–H groups in total. The lowest BCUT2D eigenvalue weighted by molar-refractivity contribution is -0.123. The van der Waals surface area contributed by atoms with Crippen molar-refractivity contribution >= 4 is 15.9 Å². The van der Waals surface area contributed by atoms with Crippen molar-refractivity contribution in [3.63, 3.8) is 0 Å². The van der Waals surface area contributed by atoms with Crippen molar-refractivity contribution in [3.8, 4) is 5.75 Å². The summed E-state index contributed by atoms with van der Waals surface area (Å²) < 4.78 is 34.7. The molecule has 0 bridgehead atoms. The van der Waals surface area contributed by atoms with Crippen molar-refractivity contribution in [1.29, 1.82) is 0 Å². The highest BCUT2D eigenvalue weighted by molar-refractivity contribution is 7.89.